The van der Waals surface area contributed by atoms with Crippen LogP contribution >= 0.6 is 0 Å². The third-order valence-corrected chi connectivity index (χ3v) is 3.67. The van der Waals surface area contributed by atoms with Crippen LogP contribution in [0.5, 0.6) is 5.75 Å². The molecule has 0 saturated carbocycles. The Bertz CT molecular complexity index is 455. The van der Waals surface area contributed by atoms with Gasteiger partial charge in [-0.15, -0.1) is 0 Å². The minimum absolute atomic E-state index is 0.119. The van der Waals surface area contributed by atoms with Crippen molar-refractivity contribution in [2.75, 3.05) is 13.2 Å². The molecule has 132 valence electrons. The Morgan fingerprint density at radius 1 is 0.957 bits per heavy atom. The minimum atomic E-state index is -0.602. The molecule has 0 aliphatic rings. The van der Waals surface area contributed by atoms with Gasteiger partial charge in [0.2, 0.25) is 0 Å². The van der Waals surface area contributed by atoms with Crippen LogP contribution in [0.2, 0.25) is 0 Å². The van der Waals surface area contributed by atoms with E-state index in [1.54, 1.807) is 0 Å². The summed E-state index contributed by atoms with van der Waals surface area (Å²) in [6, 6.07) is 8.21. The molecule has 1 atom stereocenters. The second kappa shape index (κ2) is 8.16. The van der Waals surface area contributed by atoms with Crippen molar-refractivity contribution in [3.05, 3.63) is 29.8 Å². The van der Waals surface area contributed by atoms with Crippen molar-refractivity contribution in [2.24, 2.45) is 5.41 Å². The lowest BCUT2D eigenvalue weighted by Gasteiger charge is -2.33. The highest BCUT2D eigenvalue weighted by Crippen LogP contribution is 2.36. The highest BCUT2D eigenvalue weighted by atomic mass is 16.5. The largest absolute Gasteiger partial charge is 0.491 e. The molecule has 1 unspecified atom stereocenters. The summed E-state index contributed by atoms with van der Waals surface area (Å²) >= 11 is 0. The van der Waals surface area contributed by atoms with Gasteiger partial charge in [-0.1, -0.05) is 46.8 Å². The first-order chi connectivity index (χ1) is 10.5. The van der Waals surface area contributed by atoms with Crippen molar-refractivity contribution in [3.63, 3.8) is 0 Å². The number of aliphatic hydroxyl groups is 1. The van der Waals surface area contributed by atoms with E-state index in [4.69, 9.17) is 9.47 Å². The third kappa shape index (κ3) is 7.85. The zero-order valence-electron chi connectivity index (χ0n) is 15.8. The maximum atomic E-state index is 9.82. The first kappa shape index (κ1) is 20.0. The summed E-state index contributed by atoms with van der Waals surface area (Å²) in [4.78, 5) is 0. The highest BCUT2D eigenvalue weighted by Gasteiger charge is 2.27. The second-order valence-corrected chi connectivity index (χ2v) is 8.49. The maximum Gasteiger partial charge on any atom is 0.119 e. The lowest BCUT2D eigenvalue weighted by Crippen LogP contribution is -2.25. The lowest BCUT2D eigenvalue weighted by atomic mass is 9.72. The van der Waals surface area contributed by atoms with E-state index in [1.807, 2.05) is 26.0 Å². The normalized spacial score (nSPS) is 14.1. The molecule has 1 aromatic rings. The van der Waals surface area contributed by atoms with E-state index >= 15 is 0 Å². The van der Waals surface area contributed by atoms with Crippen LogP contribution in [-0.2, 0) is 10.2 Å². The van der Waals surface area contributed by atoms with E-state index in [0.717, 1.165) is 12.2 Å². The number of benzene rings is 1. The fourth-order valence-corrected chi connectivity index (χ4v) is 2.97. The number of ether oxygens (including phenoxy) is 2. The van der Waals surface area contributed by atoms with E-state index in [-0.39, 0.29) is 18.1 Å². The van der Waals surface area contributed by atoms with Gasteiger partial charge < -0.3 is 14.6 Å². The van der Waals surface area contributed by atoms with Crippen LogP contribution in [0.15, 0.2) is 24.3 Å². The number of hydrogen-bond donors (Lipinski definition) is 1. The quantitative estimate of drug-likeness (QED) is 0.762. The van der Waals surface area contributed by atoms with Gasteiger partial charge in [-0.3, -0.25) is 0 Å². The van der Waals surface area contributed by atoms with Crippen molar-refractivity contribution < 1.29 is 14.6 Å². The summed E-state index contributed by atoms with van der Waals surface area (Å²) in [6.45, 7) is 15.8. The van der Waals surface area contributed by atoms with Crippen molar-refractivity contribution in [1.82, 2.24) is 0 Å². The molecular formula is C20H34O3. The summed E-state index contributed by atoms with van der Waals surface area (Å²) in [5.41, 5.74) is 1.73. The van der Waals surface area contributed by atoms with Gasteiger partial charge in [0.1, 0.15) is 18.5 Å². The van der Waals surface area contributed by atoms with Gasteiger partial charge in [-0.2, -0.15) is 0 Å². The standard InChI is InChI=1S/C20H34O3/c1-15(2)22-12-17(21)13-23-18-10-8-16(9-11-18)20(6,7)14-19(3,4)5/h8-11,15,17,21H,12-14H2,1-7H3. The van der Waals surface area contributed by atoms with E-state index < -0.39 is 6.10 Å². The molecule has 3 heteroatoms. The zero-order valence-corrected chi connectivity index (χ0v) is 15.8. The predicted octanol–water partition coefficient (Wildman–Crippen LogP) is 4.57. The van der Waals surface area contributed by atoms with Crippen LogP contribution in [0.25, 0.3) is 0 Å². The zero-order chi connectivity index (χ0) is 17.7. The molecular weight excluding hydrogens is 288 g/mol. The number of hydrogen-bond acceptors (Lipinski definition) is 3. The van der Waals surface area contributed by atoms with E-state index in [1.165, 1.54) is 5.56 Å². The van der Waals surface area contributed by atoms with Crippen molar-refractivity contribution in [1.29, 1.82) is 0 Å². The molecule has 23 heavy (non-hydrogen) atoms. The van der Waals surface area contributed by atoms with Gasteiger partial charge >= 0.3 is 0 Å². The Morgan fingerprint density at radius 3 is 2.00 bits per heavy atom. The van der Waals surface area contributed by atoms with Gasteiger partial charge in [0.25, 0.3) is 0 Å². The molecule has 0 saturated heterocycles. The van der Waals surface area contributed by atoms with E-state index in [0.29, 0.717) is 12.0 Å². The highest BCUT2D eigenvalue weighted by molar-refractivity contribution is 5.31. The Labute approximate surface area is 142 Å². The summed E-state index contributed by atoms with van der Waals surface area (Å²) < 4.78 is 11.0. The molecule has 0 aliphatic carbocycles. The van der Waals surface area contributed by atoms with Crippen LogP contribution < -0.4 is 4.74 Å². The van der Waals surface area contributed by atoms with Crippen LogP contribution in [0.1, 0.15) is 60.5 Å². The molecule has 0 spiro atoms. The molecule has 0 heterocycles. The van der Waals surface area contributed by atoms with Gasteiger partial charge in [-0.25, -0.2) is 0 Å². The van der Waals surface area contributed by atoms with Gasteiger partial charge in [0.05, 0.1) is 12.7 Å². The van der Waals surface area contributed by atoms with Gasteiger partial charge in [0, 0.05) is 0 Å². The number of rotatable bonds is 8. The lowest BCUT2D eigenvalue weighted by molar-refractivity contribution is -0.0122. The van der Waals surface area contributed by atoms with E-state index in [2.05, 4.69) is 46.8 Å². The Hall–Kier alpha value is -1.06. The average Bonchev–Trinajstić information content (AvgIpc) is 2.40. The second-order valence-electron chi connectivity index (χ2n) is 8.49. The molecule has 3 nitrogen and oxygen atoms in total. The molecule has 0 aliphatic heterocycles. The molecule has 0 aromatic heterocycles. The van der Waals surface area contributed by atoms with Crippen LogP contribution in [-0.4, -0.2) is 30.5 Å². The monoisotopic (exact) mass is 322 g/mol. The van der Waals surface area contributed by atoms with Crippen LogP contribution in [0.3, 0.4) is 0 Å². The summed E-state index contributed by atoms with van der Waals surface area (Å²) in [7, 11) is 0. The van der Waals surface area contributed by atoms with Crippen LogP contribution in [0, 0.1) is 5.41 Å². The molecule has 0 radical (unpaired) electrons. The molecule has 0 amide bonds. The average molecular weight is 322 g/mol. The molecule has 0 bridgehead atoms. The topological polar surface area (TPSA) is 38.7 Å². The van der Waals surface area contributed by atoms with Gasteiger partial charge in [-0.05, 0) is 48.8 Å². The predicted molar refractivity (Wildman–Crippen MR) is 96.1 cm³/mol. The maximum absolute atomic E-state index is 9.82. The minimum Gasteiger partial charge on any atom is -0.491 e. The Kier molecular flexibility index (Phi) is 7.09. The SMILES string of the molecule is CC(C)OCC(O)COc1ccc(C(C)(C)CC(C)(C)C)cc1. The Balaban J connectivity index is 2.56. The molecule has 1 aromatic carbocycles. The fraction of sp³-hybridized carbons (Fsp3) is 0.700. The summed E-state index contributed by atoms with van der Waals surface area (Å²) in [5.74, 6) is 0.781. The molecule has 0 fully saturated rings. The first-order valence-electron chi connectivity index (χ1n) is 8.53. The third-order valence-electron chi connectivity index (χ3n) is 3.67. The number of aliphatic hydroxyl groups excluding tert-OH is 1. The van der Waals surface area contributed by atoms with Crippen molar-refractivity contribution >= 4 is 0 Å². The Morgan fingerprint density at radius 2 is 1.52 bits per heavy atom. The molecule has 1 N–H and O–H groups in total. The first-order valence-corrected chi connectivity index (χ1v) is 8.53. The smallest absolute Gasteiger partial charge is 0.119 e. The summed E-state index contributed by atoms with van der Waals surface area (Å²) in [5, 5.41) is 9.82. The van der Waals surface area contributed by atoms with Crippen molar-refractivity contribution in [2.45, 2.75) is 72.5 Å². The van der Waals surface area contributed by atoms with Gasteiger partial charge in [0.15, 0.2) is 0 Å². The fourth-order valence-electron chi connectivity index (χ4n) is 2.97. The summed E-state index contributed by atoms with van der Waals surface area (Å²) in [6.07, 6.45) is 0.634. The molecule has 1 rings (SSSR count). The van der Waals surface area contributed by atoms with Crippen molar-refractivity contribution in [3.8, 4) is 5.75 Å². The van der Waals surface area contributed by atoms with Crippen LogP contribution in [0.4, 0.5) is 0 Å². The van der Waals surface area contributed by atoms with E-state index in [9.17, 15) is 5.11 Å².